The molecule has 0 heterocycles. The Kier molecular flexibility index (Phi) is 15.6. The molecule has 20 heavy (non-hydrogen) atoms. The van der Waals surface area contributed by atoms with Crippen LogP contribution in [0, 0.1) is 0 Å². The van der Waals surface area contributed by atoms with E-state index in [-0.39, 0.29) is 0 Å². The summed E-state index contributed by atoms with van der Waals surface area (Å²) in [5.41, 5.74) is 0. The van der Waals surface area contributed by atoms with E-state index in [1.807, 2.05) is 0 Å². The molecule has 1 N–H and O–H groups in total. The molecule has 2 heteroatoms. The number of allylic oxidation sites excluding steroid dienone is 2. The van der Waals surface area contributed by atoms with Crippen LogP contribution in [0.3, 0.4) is 0 Å². The Bertz CT molecular complexity index is 234. The number of hydrogen-bond acceptors (Lipinski definition) is 1. The summed E-state index contributed by atoms with van der Waals surface area (Å²) in [6, 6.07) is 0. The van der Waals surface area contributed by atoms with Crippen LogP contribution in [-0.4, -0.2) is 11.1 Å². The zero-order chi connectivity index (χ0) is 14.9. The number of aliphatic carboxylic acids is 1. The summed E-state index contributed by atoms with van der Waals surface area (Å²) in [4.78, 5) is 10.3. The number of rotatable bonds is 15. The van der Waals surface area contributed by atoms with Crippen molar-refractivity contribution in [2.24, 2.45) is 0 Å². The van der Waals surface area contributed by atoms with Crippen LogP contribution in [0.5, 0.6) is 0 Å². The highest BCUT2D eigenvalue weighted by Gasteiger charge is 1.96. The van der Waals surface area contributed by atoms with Crippen LogP contribution in [-0.2, 0) is 4.79 Å². The van der Waals surface area contributed by atoms with Gasteiger partial charge in [-0.05, 0) is 32.1 Å². The second-order valence-corrected chi connectivity index (χ2v) is 5.73. The third kappa shape index (κ3) is 17.2. The number of carbonyl (C=O) groups is 1. The van der Waals surface area contributed by atoms with Crippen LogP contribution < -0.4 is 0 Å². The third-order valence-corrected chi connectivity index (χ3v) is 3.65. The molecule has 0 saturated carbocycles. The van der Waals surface area contributed by atoms with Gasteiger partial charge in [-0.15, -0.1) is 0 Å². The average molecular weight is 282 g/mol. The molecule has 0 amide bonds. The summed E-state index contributed by atoms with van der Waals surface area (Å²) in [6.45, 7) is 2.25. The second-order valence-electron chi connectivity index (χ2n) is 5.73. The molecule has 0 rings (SSSR count). The zero-order valence-corrected chi connectivity index (χ0v) is 13.4. The van der Waals surface area contributed by atoms with Gasteiger partial charge in [-0.2, -0.15) is 0 Å². The summed E-state index contributed by atoms with van der Waals surface area (Å²) in [6.07, 6.45) is 21.2. The van der Waals surface area contributed by atoms with E-state index < -0.39 is 5.97 Å². The Labute approximate surface area is 125 Å². The van der Waals surface area contributed by atoms with E-state index in [0.29, 0.717) is 6.42 Å². The van der Waals surface area contributed by atoms with Gasteiger partial charge in [-0.25, -0.2) is 0 Å². The van der Waals surface area contributed by atoms with Crippen molar-refractivity contribution in [3.05, 3.63) is 12.2 Å². The summed E-state index contributed by atoms with van der Waals surface area (Å²) >= 11 is 0. The molecule has 0 aliphatic carbocycles. The van der Waals surface area contributed by atoms with Crippen molar-refractivity contribution in [3.63, 3.8) is 0 Å². The van der Waals surface area contributed by atoms with Gasteiger partial charge in [0.05, 0.1) is 0 Å². The molecule has 0 fully saturated rings. The van der Waals surface area contributed by atoms with Crippen LogP contribution in [0.2, 0.25) is 0 Å². The predicted octanol–water partition coefficient (Wildman–Crippen LogP) is 6.11. The van der Waals surface area contributed by atoms with Gasteiger partial charge in [-0.1, -0.05) is 70.4 Å². The first-order chi connectivity index (χ1) is 9.77. The molecular weight excluding hydrogens is 248 g/mol. The zero-order valence-electron chi connectivity index (χ0n) is 13.4. The molecule has 2 nitrogen and oxygen atoms in total. The molecule has 0 aromatic heterocycles. The standard InChI is InChI=1S/C18H34O2/c1-2-3-4-5-6-7-8-9-10-11-12-13-14-15-16-17-18(19)20/h6-7H,2-5,8-17H2,1H3,(H,19,20). The maximum absolute atomic E-state index is 10.3. The van der Waals surface area contributed by atoms with E-state index in [4.69, 9.17) is 5.11 Å². The lowest BCUT2D eigenvalue weighted by atomic mass is 10.1. The Morgan fingerprint density at radius 2 is 1.20 bits per heavy atom. The normalized spacial score (nSPS) is 11.2. The minimum Gasteiger partial charge on any atom is -0.481 e. The van der Waals surface area contributed by atoms with Crippen LogP contribution in [0.4, 0.5) is 0 Å². The van der Waals surface area contributed by atoms with Crippen molar-refractivity contribution >= 4 is 5.97 Å². The fourth-order valence-electron chi connectivity index (χ4n) is 2.35. The highest BCUT2D eigenvalue weighted by Crippen LogP contribution is 2.11. The number of hydrogen-bond donors (Lipinski definition) is 1. The minimum atomic E-state index is -0.659. The third-order valence-electron chi connectivity index (χ3n) is 3.65. The number of carboxylic acids is 1. The largest absolute Gasteiger partial charge is 0.481 e. The van der Waals surface area contributed by atoms with Crippen LogP contribution in [0.1, 0.15) is 96.8 Å². The molecule has 0 atom stereocenters. The van der Waals surface area contributed by atoms with Gasteiger partial charge >= 0.3 is 5.97 Å². The quantitative estimate of drug-likeness (QED) is 0.291. The minimum absolute atomic E-state index is 0.338. The maximum atomic E-state index is 10.3. The van der Waals surface area contributed by atoms with Crippen molar-refractivity contribution < 1.29 is 9.90 Å². The summed E-state index contributed by atoms with van der Waals surface area (Å²) in [5.74, 6) is -0.659. The Hall–Kier alpha value is -0.790. The fraction of sp³-hybridized carbons (Fsp3) is 0.833. The van der Waals surface area contributed by atoms with Crippen molar-refractivity contribution in [2.45, 2.75) is 96.8 Å². The van der Waals surface area contributed by atoms with Crippen LogP contribution in [0.15, 0.2) is 12.2 Å². The first-order valence-corrected chi connectivity index (χ1v) is 8.64. The molecular formula is C18H34O2. The maximum Gasteiger partial charge on any atom is 0.303 e. The lowest BCUT2D eigenvalue weighted by molar-refractivity contribution is -0.137. The van der Waals surface area contributed by atoms with Gasteiger partial charge in [0.2, 0.25) is 0 Å². The molecule has 0 aliphatic heterocycles. The topological polar surface area (TPSA) is 37.3 Å². The lowest BCUT2D eigenvalue weighted by Crippen LogP contribution is -1.93. The Morgan fingerprint density at radius 1 is 0.750 bits per heavy atom. The van der Waals surface area contributed by atoms with Crippen molar-refractivity contribution in [1.82, 2.24) is 0 Å². The van der Waals surface area contributed by atoms with Crippen molar-refractivity contribution in [1.29, 1.82) is 0 Å². The van der Waals surface area contributed by atoms with E-state index >= 15 is 0 Å². The molecule has 0 spiro atoms. The van der Waals surface area contributed by atoms with Crippen LogP contribution in [0.25, 0.3) is 0 Å². The van der Waals surface area contributed by atoms with Gasteiger partial charge in [-0.3, -0.25) is 4.79 Å². The molecule has 0 bridgehead atoms. The van der Waals surface area contributed by atoms with Crippen molar-refractivity contribution in [2.75, 3.05) is 0 Å². The molecule has 0 radical (unpaired) electrons. The Morgan fingerprint density at radius 3 is 1.70 bits per heavy atom. The Balaban J connectivity index is 3.04. The second kappa shape index (κ2) is 16.3. The van der Waals surface area contributed by atoms with E-state index in [2.05, 4.69) is 19.1 Å². The van der Waals surface area contributed by atoms with Gasteiger partial charge < -0.3 is 5.11 Å². The highest BCUT2D eigenvalue weighted by molar-refractivity contribution is 5.66. The van der Waals surface area contributed by atoms with Gasteiger partial charge in [0.25, 0.3) is 0 Å². The molecule has 0 saturated heterocycles. The van der Waals surface area contributed by atoms with Crippen molar-refractivity contribution in [3.8, 4) is 0 Å². The van der Waals surface area contributed by atoms with Gasteiger partial charge in [0.15, 0.2) is 0 Å². The fourth-order valence-corrected chi connectivity index (χ4v) is 2.35. The molecule has 118 valence electrons. The monoisotopic (exact) mass is 282 g/mol. The van der Waals surface area contributed by atoms with E-state index in [1.54, 1.807) is 0 Å². The summed E-state index contributed by atoms with van der Waals surface area (Å²) in [5, 5.41) is 8.51. The first-order valence-electron chi connectivity index (χ1n) is 8.64. The van der Waals surface area contributed by atoms with E-state index in [9.17, 15) is 4.79 Å². The SMILES string of the molecule is CCCCCC=CCCCCCCCCCCC(=O)O. The molecule has 0 aliphatic rings. The average Bonchev–Trinajstić information content (AvgIpc) is 2.43. The number of carboxylic acid groups (broad SMARTS) is 1. The number of unbranched alkanes of at least 4 members (excludes halogenated alkanes) is 11. The predicted molar refractivity (Wildman–Crippen MR) is 87.1 cm³/mol. The van der Waals surface area contributed by atoms with Gasteiger partial charge in [0, 0.05) is 6.42 Å². The summed E-state index contributed by atoms with van der Waals surface area (Å²) in [7, 11) is 0. The van der Waals surface area contributed by atoms with Crippen LogP contribution >= 0.6 is 0 Å². The smallest absolute Gasteiger partial charge is 0.303 e. The van der Waals surface area contributed by atoms with E-state index in [0.717, 1.165) is 12.8 Å². The van der Waals surface area contributed by atoms with Gasteiger partial charge in [0.1, 0.15) is 0 Å². The molecule has 0 aromatic carbocycles. The molecule has 0 aromatic rings. The molecule has 0 unspecified atom stereocenters. The van der Waals surface area contributed by atoms with E-state index in [1.165, 1.54) is 70.6 Å². The lowest BCUT2D eigenvalue weighted by Gasteiger charge is -2.00. The summed E-state index contributed by atoms with van der Waals surface area (Å²) < 4.78 is 0. The highest BCUT2D eigenvalue weighted by atomic mass is 16.4. The first kappa shape index (κ1) is 19.2.